The fraction of sp³-hybridized carbons (Fsp3) is 0.389. The van der Waals surface area contributed by atoms with E-state index in [1.54, 1.807) is 0 Å². The highest BCUT2D eigenvalue weighted by Crippen LogP contribution is 2.17. The van der Waals surface area contributed by atoms with Crippen LogP contribution in [0.4, 0.5) is 13.6 Å². The average molecular weight is 382 g/mol. The van der Waals surface area contributed by atoms with Crippen LogP contribution in [0, 0.1) is 0 Å². The number of carbonyl (C=O) groups excluding carboxylic acids is 3. The third-order valence-electron chi connectivity index (χ3n) is 3.81. The summed E-state index contributed by atoms with van der Waals surface area (Å²) in [6.07, 6.45) is 6.33. The molecular weight excluding hydrogens is 362 g/mol. The summed E-state index contributed by atoms with van der Waals surface area (Å²) in [5.41, 5.74) is 0.550. The van der Waals surface area contributed by atoms with Gasteiger partial charge in [0, 0.05) is 12.1 Å². The van der Waals surface area contributed by atoms with Gasteiger partial charge in [0.2, 0.25) is 0 Å². The molecule has 0 spiro atoms. The van der Waals surface area contributed by atoms with Crippen molar-refractivity contribution < 1.29 is 32.6 Å². The number of nitrogens with one attached hydrogen (secondary N) is 2. The van der Waals surface area contributed by atoms with Crippen LogP contribution >= 0.6 is 0 Å². The van der Waals surface area contributed by atoms with E-state index in [0.29, 0.717) is 5.56 Å². The van der Waals surface area contributed by atoms with Crippen LogP contribution in [-0.4, -0.2) is 37.2 Å². The highest BCUT2D eigenvalue weighted by Gasteiger charge is 2.18. The summed E-state index contributed by atoms with van der Waals surface area (Å²) < 4.78 is 33.0. The topological polar surface area (TPSA) is 93.7 Å². The van der Waals surface area contributed by atoms with Gasteiger partial charge < -0.3 is 14.8 Å². The molecule has 0 heterocycles. The third-order valence-corrected chi connectivity index (χ3v) is 3.81. The van der Waals surface area contributed by atoms with E-state index >= 15 is 0 Å². The summed E-state index contributed by atoms with van der Waals surface area (Å²) in [6, 6.07) is 5.06. The molecule has 1 aromatic carbocycles. The lowest BCUT2D eigenvalue weighted by molar-refractivity contribution is -0.143. The van der Waals surface area contributed by atoms with Gasteiger partial charge in [0.25, 0.3) is 5.91 Å². The summed E-state index contributed by atoms with van der Waals surface area (Å²) >= 11 is 0. The van der Waals surface area contributed by atoms with Crippen molar-refractivity contribution in [3.05, 3.63) is 35.9 Å². The number of rotatable bonds is 7. The van der Waals surface area contributed by atoms with E-state index in [-0.39, 0.29) is 11.8 Å². The zero-order valence-corrected chi connectivity index (χ0v) is 14.5. The second-order valence-electron chi connectivity index (χ2n) is 5.89. The van der Waals surface area contributed by atoms with Crippen LogP contribution in [0.25, 0.3) is 6.08 Å². The molecule has 146 valence electrons. The minimum absolute atomic E-state index is 0.00252. The highest BCUT2D eigenvalue weighted by atomic mass is 19.3. The van der Waals surface area contributed by atoms with Gasteiger partial charge in [-0.05, 0) is 36.6 Å². The molecule has 7 nitrogen and oxygen atoms in total. The van der Waals surface area contributed by atoms with Gasteiger partial charge in [-0.1, -0.05) is 25.0 Å². The second kappa shape index (κ2) is 10.2. The van der Waals surface area contributed by atoms with E-state index in [1.165, 1.54) is 30.3 Å². The van der Waals surface area contributed by atoms with Gasteiger partial charge in [0.1, 0.15) is 5.75 Å². The summed E-state index contributed by atoms with van der Waals surface area (Å²) in [4.78, 5) is 34.8. The quantitative estimate of drug-likeness (QED) is 0.559. The van der Waals surface area contributed by atoms with Crippen LogP contribution in [0.15, 0.2) is 30.3 Å². The number of urea groups is 1. The molecule has 1 aromatic rings. The average Bonchev–Trinajstić information content (AvgIpc) is 3.11. The van der Waals surface area contributed by atoms with Gasteiger partial charge in [-0.15, -0.1) is 0 Å². The molecule has 0 aliphatic heterocycles. The Morgan fingerprint density at radius 3 is 2.44 bits per heavy atom. The van der Waals surface area contributed by atoms with E-state index in [4.69, 9.17) is 4.74 Å². The Labute approximate surface area is 154 Å². The molecule has 1 aliphatic rings. The molecule has 0 unspecified atom stereocenters. The zero-order valence-electron chi connectivity index (χ0n) is 14.5. The first kappa shape index (κ1) is 20.3. The third kappa shape index (κ3) is 7.85. The molecule has 3 amide bonds. The van der Waals surface area contributed by atoms with Gasteiger partial charge >= 0.3 is 18.6 Å². The van der Waals surface area contributed by atoms with Gasteiger partial charge in [0.05, 0.1) is 0 Å². The van der Waals surface area contributed by atoms with Crippen molar-refractivity contribution in [2.24, 2.45) is 0 Å². The first-order valence-electron chi connectivity index (χ1n) is 8.42. The fourth-order valence-corrected chi connectivity index (χ4v) is 2.56. The van der Waals surface area contributed by atoms with Crippen LogP contribution in [0.1, 0.15) is 31.2 Å². The molecule has 0 radical (unpaired) electrons. The van der Waals surface area contributed by atoms with Crippen LogP contribution in [-0.2, 0) is 14.3 Å². The zero-order chi connectivity index (χ0) is 19.6. The van der Waals surface area contributed by atoms with Gasteiger partial charge in [0.15, 0.2) is 6.61 Å². The lowest BCUT2D eigenvalue weighted by Gasteiger charge is -2.12. The molecular formula is C18H20F2N2O5. The van der Waals surface area contributed by atoms with E-state index in [0.717, 1.165) is 31.8 Å². The fourth-order valence-electron chi connectivity index (χ4n) is 2.56. The van der Waals surface area contributed by atoms with Crippen molar-refractivity contribution in [1.82, 2.24) is 10.6 Å². The summed E-state index contributed by atoms with van der Waals surface area (Å²) in [7, 11) is 0. The first-order chi connectivity index (χ1) is 12.9. The SMILES string of the molecule is O=C(COC(=O)/C=C/c1ccc(OC(F)F)cc1)NC(=O)NC1CCCC1. The molecule has 2 N–H and O–H groups in total. The number of imide groups is 1. The van der Waals surface area contributed by atoms with E-state index in [2.05, 4.69) is 15.4 Å². The van der Waals surface area contributed by atoms with Crippen molar-refractivity contribution in [2.45, 2.75) is 38.3 Å². The molecule has 0 atom stereocenters. The van der Waals surface area contributed by atoms with Crippen LogP contribution in [0.3, 0.4) is 0 Å². The first-order valence-corrected chi connectivity index (χ1v) is 8.42. The number of hydrogen-bond donors (Lipinski definition) is 2. The van der Waals surface area contributed by atoms with Crippen LogP contribution < -0.4 is 15.4 Å². The smallest absolute Gasteiger partial charge is 0.387 e. The highest BCUT2D eigenvalue weighted by molar-refractivity contribution is 5.96. The molecule has 0 saturated heterocycles. The van der Waals surface area contributed by atoms with Crippen LogP contribution in [0.2, 0.25) is 0 Å². The number of carbonyl (C=O) groups is 3. The van der Waals surface area contributed by atoms with Gasteiger partial charge in [-0.2, -0.15) is 8.78 Å². The number of amides is 3. The predicted octanol–water partition coefficient (Wildman–Crippen LogP) is 2.61. The Kier molecular flexibility index (Phi) is 7.72. The van der Waals surface area contributed by atoms with Crippen molar-refractivity contribution in [1.29, 1.82) is 0 Å². The Morgan fingerprint density at radius 2 is 1.81 bits per heavy atom. The summed E-state index contributed by atoms with van der Waals surface area (Å²) in [5.74, 6) is -1.52. The van der Waals surface area contributed by atoms with Crippen LogP contribution in [0.5, 0.6) is 5.75 Å². The maximum Gasteiger partial charge on any atom is 0.387 e. The molecule has 1 fully saturated rings. The summed E-state index contributed by atoms with van der Waals surface area (Å²) in [6.45, 7) is -3.50. The van der Waals surface area contributed by atoms with E-state index in [9.17, 15) is 23.2 Å². The number of esters is 1. The number of alkyl halides is 2. The Morgan fingerprint density at radius 1 is 1.15 bits per heavy atom. The number of hydrogen-bond acceptors (Lipinski definition) is 5. The maximum atomic E-state index is 12.1. The largest absolute Gasteiger partial charge is 0.452 e. The molecule has 27 heavy (non-hydrogen) atoms. The van der Waals surface area contributed by atoms with Crippen molar-refractivity contribution in [3.63, 3.8) is 0 Å². The predicted molar refractivity (Wildman–Crippen MR) is 92.0 cm³/mol. The van der Waals surface area contributed by atoms with Gasteiger partial charge in [-0.3, -0.25) is 10.1 Å². The van der Waals surface area contributed by atoms with Gasteiger partial charge in [-0.25, -0.2) is 9.59 Å². The van der Waals surface area contributed by atoms with E-state index in [1.807, 2.05) is 0 Å². The number of ether oxygens (including phenoxy) is 2. The van der Waals surface area contributed by atoms with Crippen molar-refractivity contribution >= 4 is 24.0 Å². The molecule has 0 bridgehead atoms. The molecule has 2 rings (SSSR count). The molecule has 0 aromatic heterocycles. The maximum absolute atomic E-state index is 12.1. The summed E-state index contributed by atoms with van der Waals surface area (Å²) in [5, 5.41) is 4.77. The Hall–Kier alpha value is -2.97. The molecule has 1 saturated carbocycles. The Balaban J connectivity index is 1.69. The lowest BCUT2D eigenvalue weighted by atomic mass is 10.2. The van der Waals surface area contributed by atoms with E-state index < -0.39 is 31.1 Å². The minimum atomic E-state index is -2.91. The normalized spacial score (nSPS) is 14.3. The second-order valence-corrected chi connectivity index (χ2v) is 5.89. The standard InChI is InChI=1S/C18H20F2N2O5/c19-17(20)27-14-8-5-12(6-9-14)7-10-16(24)26-11-15(23)22-18(25)21-13-3-1-2-4-13/h5-10,13,17H,1-4,11H2,(H2,21,22,23,25)/b10-7+. The van der Waals surface area contributed by atoms with Crippen molar-refractivity contribution in [3.8, 4) is 5.75 Å². The number of halogens is 2. The monoisotopic (exact) mass is 382 g/mol. The minimum Gasteiger partial charge on any atom is -0.452 e. The number of benzene rings is 1. The Bertz CT molecular complexity index is 685. The molecule has 1 aliphatic carbocycles. The molecule has 9 heteroatoms. The lowest BCUT2D eigenvalue weighted by Crippen LogP contribution is -2.44. The van der Waals surface area contributed by atoms with Crippen molar-refractivity contribution in [2.75, 3.05) is 6.61 Å².